The van der Waals surface area contributed by atoms with Crippen LogP contribution in [0.5, 0.6) is 0 Å². The van der Waals surface area contributed by atoms with Crippen molar-refractivity contribution >= 4 is 0 Å². The lowest BCUT2D eigenvalue weighted by Gasteiger charge is -2.05. The number of benzene rings is 1. The normalized spacial score (nSPS) is 17.4. The van der Waals surface area contributed by atoms with Crippen LogP contribution < -0.4 is 5.32 Å². The van der Waals surface area contributed by atoms with Gasteiger partial charge in [-0.1, -0.05) is 18.2 Å². The second-order valence-corrected chi connectivity index (χ2v) is 6.16. The van der Waals surface area contributed by atoms with Crippen molar-refractivity contribution in [3.05, 3.63) is 52.8 Å². The molecule has 2 aromatic rings. The molecule has 3 heteroatoms. The maximum Gasteiger partial charge on any atom is 0.0659 e. The van der Waals surface area contributed by atoms with Gasteiger partial charge in [0, 0.05) is 24.3 Å². The molecule has 1 saturated carbocycles. The topological polar surface area (TPSA) is 29.9 Å². The van der Waals surface area contributed by atoms with Crippen molar-refractivity contribution in [1.29, 1.82) is 0 Å². The maximum absolute atomic E-state index is 4.48. The summed E-state index contributed by atoms with van der Waals surface area (Å²) in [6.07, 6.45) is 10.7. The van der Waals surface area contributed by atoms with Crippen LogP contribution >= 0.6 is 0 Å². The number of aryl methyl sites for hydroxylation is 2. The molecule has 0 atom stereocenters. The van der Waals surface area contributed by atoms with Crippen LogP contribution in [0.3, 0.4) is 0 Å². The molecule has 0 aliphatic heterocycles. The molecule has 2 aliphatic rings. The molecule has 0 amide bonds. The number of nitrogens with zero attached hydrogens (tertiary/aromatic N) is 2. The Bertz CT molecular complexity index is 610. The van der Waals surface area contributed by atoms with Crippen LogP contribution in [0.25, 0.3) is 0 Å². The smallest absolute Gasteiger partial charge is 0.0659 e. The predicted molar refractivity (Wildman–Crippen MR) is 79.7 cm³/mol. The highest BCUT2D eigenvalue weighted by Gasteiger charge is 2.20. The first-order valence-corrected chi connectivity index (χ1v) is 7.72. The van der Waals surface area contributed by atoms with E-state index in [1.54, 1.807) is 11.1 Å². The summed E-state index contributed by atoms with van der Waals surface area (Å²) in [4.78, 5) is 0. The minimum Gasteiger partial charge on any atom is -0.310 e. The van der Waals surface area contributed by atoms with Crippen LogP contribution in [-0.4, -0.2) is 15.8 Å². The Labute approximate surface area is 120 Å². The standard InChI is InChI=1S/C17H21N3/c1-2-15-5-4-13(8-16(15)3-1)11-20-12-14(10-19-20)9-18-17-6-7-17/h4-5,8,10,12,17-18H,1-3,6-7,9,11H2. The van der Waals surface area contributed by atoms with Crippen molar-refractivity contribution in [1.82, 2.24) is 15.1 Å². The lowest BCUT2D eigenvalue weighted by atomic mass is 10.1. The second-order valence-electron chi connectivity index (χ2n) is 6.16. The van der Waals surface area contributed by atoms with Gasteiger partial charge in [0.25, 0.3) is 0 Å². The van der Waals surface area contributed by atoms with Gasteiger partial charge in [0.2, 0.25) is 0 Å². The fraction of sp³-hybridized carbons (Fsp3) is 0.471. The zero-order valence-corrected chi connectivity index (χ0v) is 11.8. The van der Waals surface area contributed by atoms with Crippen molar-refractivity contribution in [2.24, 2.45) is 0 Å². The molecule has 0 spiro atoms. The van der Waals surface area contributed by atoms with Gasteiger partial charge in [0.05, 0.1) is 12.7 Å². The van der Waals surface area contributed by atoms with Gasteiger partial charge in [-0.25, -0.2) is 0 Å². The molecule has 0 saturated heterocycles. The van der Waals surface area contributed by atoms with Crippen LogP contribution in [0.2, 0.25) is 0 Å². The monoisotopic (exact) mass is 267 g/mol. The molecule has 4 rings (SSSR count). The van der Waals surface area contributed by atoms with Gasteiger partial charge in [-0.2, -0.15) is 5.10 Å². The van der Waals surface area contributed by atoms with Crippen molar-refractivity contribution in [3.8, 4) is 0 Å². The third kappa shape index (κ3) is 2.63. The summed E-state index contributed by atoms with van der Waals surface area (Å²) in [5, 5.41) is 8.01. The van der Waals surface area contributed by atoms with Gasteiger partial charge < -0.3 is 5.32 Å². The summed E-state index contributed by atoms with van der Waals surface area (Å²) in [5.74, 6) is 0. The highest BCUT2D eigenvalue weighted by Crippen LogP contribution is 2.23. The number of rotatable bonds is 5. The van der Waals surface area contributed by atoms with E-state index in [-0.39, 0.29) is 0 Å². The van der Waals surface area contributed by atoms with E-state index < -0.39 is 0 Å². The lowest BCUT2D eigenvalue weighted by molar-refractivity contribution is 0.674. The molecule has 1 N–H and O–H groups in total. The molecule has 104 valence electrons. The number of aromatic nitrogens is 2. The molecule has 20 heavy (non-hydrogen) atoms. The first-order valence-electron chi connectivity index (χ1n) is 7.72. The molecule has 3 nitrogen and oxygen atoms in total. The largest absolute Gasteiger partial charge is 0.310 e. The Hall–Kier alpha value is -1.61. The Morgan fingerprint density at radius 3 is 2.95 bits per heavy atom. The predicted octanol–water partition coefficient (Wildman–Crippen LogP) is 2.67. The number of hydrogen-bond donors (Lipinski definition) is 1. The third-order valence-corrected chi connectivity index (χ3v) is 4.37. The van der Waals surface area contributed by atoms with Crippen LogP contribution in [0, 0.1) is 0 Å². The number of hydrogen-bond acceptors (Lipinski definition) is 2. The zero-order chi connectivity index (χ0) is 13.4. The van der Waals surface area contributed by atoms with Gasteiger partial charge in [-0.05, 0) is 48.8 Å². The first kappa shape index (κ1) is 12.2. The molecule has 1 aromatic heterocycles. The van der Waals surface area contributed by atoms with E-state index in [1.807, 2.05) is 6.20 Å². The molecular formula is C17H21N3. The minimum atomic E-state index is 0.759. The average Bonchev–Trinajstić information content (AvgIpc) is 2.99. The van der Waals surface area contributed by atoms with Crippen LogP contribution in [-0.2, 0) is 25.9 Å². The Morgan fingerprint density at radius 2 is 2.05 bits per heavy atom. The minimum absolute atomic E-state index is 0.759. The van der Waals surface area contributed by atoms with Crippen LogP contribution in [0.4, 0.5) is 0 Å². The molecular weight excluding hydrogens is 246 g/mol. The molecule has 0 unspecified atom stereocenters. The summed E-state index contributed by atoms with van der Waals surface area (Å²) in [6, 6.07) is 7.69. The zero-order valence-electron chi connectivity index (χ0n) is 11.8. The van der Waals surface area contributed by atoms with E-state index in [1.165, 1.54) is 43.2 Å². The maximum atomic E-state index is 4.48. The van der Waals surface area contributed by atoms with E-state index >= 15 is 0 Å². The molecule has 0 radical (unpaired) electrons. The van der Waals surface area contributed by atoms with Gasteiger partial charge >= 0.3 is 0 Å². The quantitative estimate of drug-likeness (QED) is 0.902. The summed E-state index contributed by atoms with van der Waals surface area (Å²) in [6.45, 7) is 1.84. The van der Waals surface area contributed by atoms with Crippen molar-refractivity contribution in [3.63, 3.8) is 0 Å². The Kier molecular flexibility index (Phi) is 3.07. The molecule has 1 fully saturated rings. The number of nitrogens with one attached hydrogen (secondary N) is 1. The third-order valence-electron chi connectivity index (χ3n) is 4.37. The van der Waals surface area contributed by atoms with Gasteiger partial charge in [-0.15, -0.1) is 0 Å². The van der Waals surface area contributed by atoms with Crippen molar-refractivity contribution < 1.29 is 0 Å². The summed E-state index contributed by atoms with van der Waals surface area (Å²) in [5.41, 5.74) is 5.75. The summed E-state index contributed by atoms with van der Waals surface area (Å²) < 4.78 is 2.06. The highest BCUT2D eigenvalue weighted by atomic mass is 15.3. The summed E-state index contributed by atoms with van der Waals surface area (Å²) >= 11 is 0. The second kappa shape index (κ2) is 5.06. The number of fused-ring (bicyclic) bond motifs is 1. The van der Waals surface area contributed by atoms with Crippen molar-refractivity contribution in [2.75, 3.05) is 0 Å². The van der Waals surface area contributed by atoms with E-state index in [9.17, 15) is 0 Å². The Morgan fingerprint density at radius 1 is 1.15 bits per heavy atom. The summed E-state index contributed by atoms with van der Waals surface area (Å²) in [7, 11) is 0. The van der Waals surface area contributed by atoms with Gasteiger partial charge in [0.1, 0.15) is 0 Å². The van der Waals surface area contributed by atoms with E-state index in [4.69, 9.17) is 0 Å². The Balaban J connectivity index is 1.42. The van der Waals surface area contributed by atoms with E-state index in [2.05, 4.69) is 39.5 Å². The van der Waals surface area contributed by atoms with E-state index in [0.717, 1.165) is 19.1 Å². The average molecular weight is 267 g/mol. The molecule has 1 heterocycles. The molecule has 0 bridgehead atoms. The SMILES string of the molecule is c1nn(Cc2ccc3c(c2)CCC3)cc1CNC1CC1. The van der Waals surface area contributed by atoms with Gasteiger partial charge in [0.15, 0.2) is 0 Å². The van der Waals surface area contributed by atoms with E-state index in [0.29, 0.717) is 0 Å². The van der Waals surface area contributed by atoms with Crippen LogP contribution in [0.1, 0.15) is 41.5 Å². The first-order chi connectivity index (χ1) is 9.87. The molecule has 2 aliphatic carbocycles. The fourth-order valence-corrected chi connectivity index (χ4v) is 3.04. The molecule has 1 aromatic carbocycles. The lowest BCUT2D eigenvalue weighted by Crippen LogP contribution is -2.14. The van der Waals surface area contributed by atoms with Crippen molar-refractivity contribution in [2.45, 2.75) is 51.2 Å². The highest BCUT2D eigenvalue weighted by molar-refractivity contribution is 5.35. The van der Waals surface area contributed by atoms with Gasteiger partial charge in [-0.3, -0.25) is 4.68 Å². The van der Waals surface area contributed by atoms with Crippen LogP contribution in [0.15, 0.2) is 30.6 Å². The fourth-order valence-electron chi connectivity index (χ4n) is 3.04.